The predicted octanol–water partition coefficient (Wildman–Crippen LogP) is 1.67. The first-order valence-electron chi connectivity index (χ1n) is 5.61. The number of nitrogens with two attached hydrogens (primary N) is 1. The number of halogens is 1. The Kier molecular flexibility index (Phi) is 3.54. The van der Waals surface area contributed by atoms with E-state index < -0.39 is 0 Å². The van der Waals surface area contributed by atoms with Crippen LogP contribution in [0.2, 0.25) is 0 Å². The van der Waals surface area contributed by atoms with Crippen molar-refractivity contribution < 1.29 is 4.39 Å². The molecule has 1 aromatic carbocycles. The van der Waals surface area contributed by atoms with Crippen molar-refractivity contribution in [2.24, 2.45) is 12.8 Å². The molecule has 0 bridgehead atoms. The molecule has 0 saturated heterocycles. The maximum absolute atomic E-state index is 13.0. The molecule has 3 nitrogen and oxygen atoms in total. The van der Waals surface area contributed by atoms with E-state index in [2.05, 4.69) is 5.10 Å². The molecule has 17 heavy (non-hydrogen) atoms. The number of nitrogens with zero attached hydrogens (tertiary/aromatic N) is 2. The van der Waals surface area contributed by atoms with Crippen LogP contribution >= 0.6 is 0 Å². The lowest BCUT2D eigenvalue weighted by Gasteiger charge is -2.10. The third-order valence-electron chi connectivity index (χ3n) is 2.64. The van der Waals surface area contributed by atoms with Gasteiger partial charge in [0.15, 0.2) is 0 Å². The van der Waals surface area contributed by atoms with Gasteiger partial charge in [0.2, 0.25) is 0 Å². The number of aromatic nitrogens is 2. The van der Waals surface area contributed by atoms with Gasteiger partial charge in [-0.25, -0.2) is 4.39 Å². The fourth-order valence-corrected chi connectivity index (χ4v) is 1.92. The molecular formula is C13H16FN3. The van der Waals surface area contributed by atoms with E-state index in [1.165, 1.54) is 12.1 Å². The molecule has 1 unspecified atom stereocenters. The molecule has 0 radical (unpaired) electrons. The molecule has 2 N–H and O–H groups in total. The molecule has 0 aliphatic rings. The quantitative estimate of drug-likeness (QED) is 0.873. The van der Waals surface area contributed by atoms with Gasteiger partial charge in [-0.2, -0.15) is 5.10 Å². The monoisotopic (exact) mass is 233 g/mol. The number of rotatable bonds is 4. The Morgan fingerprint density at radius 2 is 2.12 bits per heavy atom. The standard InChI is InChI=1S/C13H16FN3/c1-17-9-11(8-16-17)7-13(15)6-10-3-2-4-12(14)5-10/h2-5,8-9,13H,6-7,15H2,1H3. The van der Waals surface area contributed by atoms with Crippen molar-refractivity contribution in [2.75, 3.05) is 0 Å². The minimum atomic E-state index is -0.212. The van der Waals surface area contributed by atoms with Gasteiger partial charge in [-0.3, -0.25) is 4.68 Å². The van der Waals surface area contributed by atoms with E-state index in [9.17, 15) is 4.39 Å². The van der Waals surface area contributed by atoms with Gasteiger partial charge in [-0.15, -0.1) is 0 Å². The molecule has 0 spiro atoms. The molecule has 2 rings (SSSR count). The summed E-state index contributed by atoms with van der Waals surface area (Å²) in [5.74, 6) is -0.212. The largest absolute Gasteiger partial charge is 0.327 e. The highest BCUT2D eigenvalue weighted by Crippen LogP contribution is 2.08. The van der Waals surface area contributed by atoms with Crippen LogP contribution in [0.5, 0.6) is 0 Å². The van der Waals surface area contributed by atoms with Crippen molar-refractivity contribution in [3.63, 3.8) is 0 Å². The second-order valence-corrected chi connectivity index (χ2v) is 4.32. The van der Waals surface area contributed by atoms with E-state index in [0.717, 1.165) is 17.5 Å². The van der Waals surface area contributed by atoms with E-state index in [0.29, 0.717) is 6.42 Å². The molecule has 0 aliphatic heterocycles. The fourth-order valence-electron chi connectivity index (χ4n) is 1.92. The first-order chi connectivity index (χ1) is 8.13. The maximum atomic E-state index is 13.0. The average Bonchev–Trinajstić information content (AvgIpc) is 2.63. The van der Waals surface area contributed by atoms with Gasteiger partial charge in [0.1, 0.15) is 5.82 Å². The van der Waals surface area contributed by atoms with Gasteiger partial charge in [0.05, 0.1) is 6.20 Å². The van der Waals surface area contributed by atoms with Crippen molar-refractivity contribution in [1.82, 2.24) is 9.78 Å². The van der Waals surface area contributed by atoms with Gasteiger partial charge >= 0.3 is 0 Å². The Morgan fingerprint density at radius 1 is 1.35 bits per heavy atom. The summed E-state index contributed by atoms with van der Waals surface area (Å²) in [6.07, 6.45) is 5.19. The third-order valence-corrected chi connectivity index (χ3v) is 2.64. The second-order valence-electron chi connectivity index (χ2n) is 4.32. The SMILES string of the molecule is Cn1cc(CC(N)Cc2cccc(F)c2)cn1. The van der Waals surface area contributed by atoms with Crippen LogP contribution in [0, 0.1) is 5.82 Å². The smallest absolute Gasteiger partial charge is 0.123 e. The first kappa shape index (κ1) is 11.8. The molecule has 0 aliphatic carbocycles. The minimum absolute atomic E-state index is 0.0130. The third kappa shape index (κ3) is 3.39. The Bertz CT molecular complexity index is 493. The molecule has 1 heterocycles. The highest BCUT2D eigenvalue weighted by molar-refractivity contribution is 5.18. The topological polar surface area (TPSA) is 43.8 Å². The number of hydrogen-bond acceptors (Lipinski definition) is 2. The van der Waals surface area contributed by atoms with Crippen LogP contribution in [0.15, 0.2) is 36.7 Å². The molecule has 4 heteroatoms. The van der Waals surface area contributed by atoms with Gasteiger partial charge < -0.3 is 5.73 Å². The van der Waals surface area contributed by atoms with E-state index >= 15 is 0 Å². The summed E-state index contributed by atoms with van der Waals surface area (Å²) in [6, 6.07) is 6.56. The molecular weight excluding hydrogens is 217 g/mol. The molecule has 1 atom stereocenters. The van der Waals surface area contributed by atoms with Crippen molar-refractivity contribution in [3.05, 3.63) is 53.6 Å². The fraction of sp³-hybridized carbons (Fsp3) is 0.308. The lowest BCUT2D eigenvalue weighted by molar-refractivity contribution is 0.618. The Balaban J connectivity index is 1.95. The first-order valence-corrected chi connectivity index (χ1v) is 5.61. The van der Waals surface area contributed by atoms with Crippen molar-refractivity contribution in [2.45, 2.75) is 18.9 Å². The Morgan fingerprint density at radius 3 is 2.76 bits per heavy atom. The summed E-state index contributed by atoms with van der Waals surface area (Å²) in [4.78, 5) is 0. The summed E-state index contributed by atoms with van der Waals surface area (Å²) < 4.78 is 14.7. The number of aryl methyl sites for hydroxylation is 1. The van der Waals surface area contributed by atoms with E-state index in [4.69, 9.17) is 5.73 Å². The number of benzene rings is 1. The molecule has 0 saturated carbocycles. The summed E-state index contributed by atoms with van der Waals surface area (Å²) >= 11 is 0. The second kappa shape index (κ2) is 5.10. The van der Waals surface area contributed by atoms with Gasteiger partial charge in [-0.05, 0) is 36.1 Å². The molecule has 2 aromatic rings. The van der Waals surface area contributed by atoms with Crippen LogP contribution < -0.4 is 5.73 Å². The normalized spacial score (nSPS) is 12.6. The lowest BCUT2D eigenvalue weighted by atomic mass is 10.0. The minimum Gasteiger partial charge on any atom is -0.327 e. The average molecular weight is 233 g/mol. The predicted molar refractivity (Wildman–Crippen MR) is 65.0 cm³/mol. The zero-order valence-electron chi connectivity index (χ0n) is 9.81. The van der Waals surface area contributed by atoms with Crippen LogP contribution in [-0.4, -0.2) is 15.8 Å². The van der Waals surface area contributed by atoms with Crippen molar-refractivity contribution in [1.29, 1.82) is 0 Å². The van der Waals surface area contributed by atoms with Crippen molar-refractivity contribution in [3.8, 4) is 0 Å². The highest BCUT2D eigenvalue weighted by Gasteiger charge is 2.07. The van der Waals surface area contributed by atoms with Crippen LogP contribution in [-0.2, 0) is 19.9 Å². The van der Waals surface area contributed by atoms with Crippen LogP contribution in [0.25, 0.3) is 0 Å². The van der Waals surface area contributed by atoms with Crippen LogP contribution in [0.3, 0.4) is 0 Å². The molecule has 0 amide bonds. The summed E-state index contributed by atoms with van der Waals surface area (Å²) in [7, 11) is 1.88. The summed E-state index contributed by atoms with van der Waals surface area (Å²) in [6.45, 7) is 0. The molecule has 90 valence electrons. The summed E-state index contributed by atoms with van der Waals surface area (Å²) in [5, 5.41) is 4.09. The van der Waals surface area contributed by atoms with Crippen molar-refractivity contribution >= 4 is 0 Å². The van der Waals surface area contributed by atoms with E-state index in [1.807, 2.05) is 25.5 Å². The molecule has 0 fully saturated rings. The zero-order chi connectivity index (χ0) is 12.3. The summed E-state index contributed by atoms with van der Waals surface area (Å²) in [5.41, 5.74) is 8.08. The number of hydrogen-bond donors (Lipinski definition) is 1. The maximum Gasteiger partial charge on any atom is 0.123 e. The Hall–Kier alpha value is -1.68. The van der Waals surface area contributed by atoms with Gasteiger partial charge in [0, 0.05) is 19.3 Å². The Labute approximate surface area is 100 Å². The highest BCUT2D eigenvalue weighted by atomic mass is 19.1. The van der Waals surface area contributed by atoms with Gasteiger partial charge in [0.25, 0.3) is 0 Å². The van der Waals surface area contributed by atoms with E-state index in [-0.39, 0.29) is 11.9 Å². The molecule has 1 aromatic heterocycles. The van der Waals surface area contributed by atoms with Gasteiger partial charge in [-0.1, -0.05) is 12.1 Å². The van der Waals surface area contributed by atoms with E-state index in [1.54, 1.807) is 10.7 Å². The van der Waals surface area contributed by atoms with Crippen LogP contribution in [0.1, 0.15) is 11.1 Å². The van der Waals surface area contributed by atoms with Crippen LogP contribution in [0.4, 0.5) is 4.39 Å². The lowest BCUT2D eigenvalue weighted by Crippen LogP contribution is -2.25. The zero-order valence-corrected chi connectivity index (χ0v) is 9.81.